The third kappa shape index (κ3) is 10.7. The molecule has 0 aliphatic rings. The minimum atomic E-state index is -4.37. The smallest absolute Gasteiger partial charge is 0.416 e. The van der Waals surface area contributed by atoms with E-state index in [1.807, 2.05) is 6.92 Å². The topological polar surface area (TPSA) is 54.9 Å². The van der Waals surface area contributed by atoms with Crippen LogP contribution in [0.25, 0.3) is 0 Å². The van der Waals surface area contributed by atoms with Gasteiger partial charge in [0.25, 0.3) is 0 Å². The van der Waals surface area contributed by atoms with E-state index in [2.05, 4.69) is 15.6 Å². The van der Waals surface area contributed by atoms with Crippen molar-refractivity contribution in [3.05, 3.63) is 29.8 Å². The quantitative estimate of drug-likeness (QED) is 0.228. The van der Waals surface area contributed by atoms with E-state index in [0.29, 0.717) is 12.5 Å². The first-order chi connectivity index (χ1) is 12.0. The van der Waals surface area contributed by atoms with Crippen LogP contribution in [0.5, 0.6) is 5.75 Å². The number of hydrogen-bond donors (Lipinski definition) is 2. The number of hydrogen-bond acceptors (Lipinski definition) is 3. The van der Waals surface area contributed by atoms with Gasteiger partial charge < -0.3 is 20.1 Å². The molecule has 5 nitrogen and oxygen atoms in total. The van der Waals surface area contributed by atoms with E-state index in [-0.39, 0.29) is 36.3 Å². The third-order valence-electron chi connectivity index (χ3n) is 3.26. The highest BCUT2D eigenvalue weighted by atomic mass is 127. The Hall–Kier alpha value is -1.23. The first-order valence-corrected chi connectivity index (χ1v) is 8.29. The molecule has 0 aliphatic carbocycles. The van der Waals surface area contributed by atoms with Gasteiger partial charge in [-0.05, 0) is 38.0 Å². The minimum Gasteiger partial charge on any atom is -0.492 e. The van der Waals surface area contributed by atoms with E-state index < -0.39 is 11.7 Å². The van der Waals surface area contributed by atoms with Crippen molar-refractivity contribution in [3.8, 4) is 5.75 Å². The zero-order chi connectivity index (χ0) is 18.5. The van der Waals surface area contributed by atoms with Gasteiger partial charge in [0.15, 0.2) is 5.96 Å². The maximum Gasteiger partial charge on any atom is 0.416 e. The van der Waals surface area contributed by atoms with Crippen molar-refractivity contribution in [1.29, 1.82) is 0 Å². The number of halogens is 4. The Bertz CT molecular complexity index is 528. The Labute approximate surface area is 169 Å². The van der Waals surface area contributed by atoms with Crippen LogP contribution in [0, 0.1) is 0 Å². The summed E-state index contributed by atoms with van der Waals surface area (Å²) in [7, 11) is 1.66. The molecule has 1 aromatic carbocycles. The summed E-state index contributed by atoms with van der Waals surface area (Å²) in [4.78, 5) is 4.07. The Morgan fingerprint density at radius 2 is 1.85 bits per heavy atom. The summed E-state index contributed by atoms with van der Waals surface area (Å²) >= 11 is 0. The third-order valence-corrected chi connectivity index (χ3v) is 3.26. The van der Waals surface area contributed by atoms with E-state index in [9.17, 15) is 13.2 Å². The summed E-state index contributed by atoms with van der Waals surface area (Å²) in [5, 5.41) is 6.20. The molecule has 0 aliphatic heterocycles. The normalized spacial score (nSPS) is 11.7. The average molecular weight is 489 g/mol. The molecular weight excluding hydrogens is 462 g/mol. The maximum absolute atomic E-state index is 12.6. The van der Waals surface area contributed by atoms with E-state index in [1.165, 1.54) is 12.1 Å². The van der Waals surface area contributed by atoms with Crippen molar-refractivity contribution in [3.63, 3.8) is 0 Å². The molecule has 0 amide bonds. The monoisotopic (exact) mass is 489 g/mol. The second kappa shape index (κ2) is 13.9. The molecule has 0 saturated heterocycles. The molecule has 0 spiro atoms. The van der Waals surface area contributed by atoms with Crippen LogP contribution in [0.1, 0.15) is 25.3 Å². The molecule has 2 N–H and O–H groups in total. The van der Waals surface area contributed by atoms with Crippen molar-refractivity contribution in [2.75, 3.05) is 40.0 Å². The highest BCUT2D eigenvalue weighted by molar-refractivity contribution is 14.0. The molecule has 150 valence electrons. The number of unbranched alkanes of at least 4 members (excludes halogenated alkanes) is 1. The molecule has 9 heteroatoms. The Morgan fingerprint density at radius 1 is 1.12 bits per heavy atom. The van der Waals surface area contributed by atoms with Gasteiger partial charge in [-0.1, -0.05) is 6.07 Å². The van der Waals surface area contributed by atoms with Crippen LogP contribution >= 0.6 is 24.0 Å². The fourth-order valence-corrected chi connectivity index (χ4v) is 2.00. The Balaban J connectivity index is 0.00000625. The number of aliphatic imine (C=N–C) groups is 1. The Morgan fingerprint density at radius 3 is 2.50 bits per heavy atom. The zero-order valence-corrected chi connectivity index (χ0v) is 17.4. The molecule has 0 atom stereocenters. The van der Waals surface area contributed by atoms with Crippen molar-refractivity contribution in [2.45, 2.75) is 25.9 Å². The molecule has 0 unspecified atom stereocenters. The molecule has 1 aromatic rings. The minimum absolute atomic E-state index is 0. The summed E-state index contributed by atoms with van der Waals surface area (Å²) in [6.45, 7) is 4.85. The lowest BCUT2D eigenvalue weighted by Crippen LogP contribution is -2.39. The Kier molecular flexibility index (Phi) is 13.2. The van der Waals surface area contributed by atoms with Crippen molar-refractivity contribution < 1.29 is 22.6 Å². The van der Waals surface area contributed by atoms with Gasteiger partial charge in [0, 0.05) is 26.8 Å². The number of nitrogens with one attached hydrogen (secondary N) is 2. The lowest BCUT2D eigenvalue weighted by Gasteiger charge is -2.13. The molecule has 0 bridgehead atoms. The van der Waals surface area contributed by atoms with Gasteiger partial charge in [0.2, 0.25) is 0 Å². The van der Waals surface area contributed by atoms with Crippen LogP contribution in [0.15, 0.2) is 29.3 Å². The van der Waals surface area contributed by atoms with Crippen LogP contribution < -0.4 is 15.4 Å². The predicted octanol–water partition coefficient (Wildman–Crippen LogP) is 3.68. The summed E-state index contributed by atoms with van der Waals surface area (Å²) < 4.78 is 48.5. The summed E-state index contributed by atoms with van der Waals surface area (Å²) in [6, 6.07) is 4.84. The van der Waals surface area contributed by atoms with E-state index in [1.54, 1.807) is 7.05 Å². The van der Waals surface area contributed by atoms with Crippen molar-refractivity contribution >= 4 is 29.9 Å². The largest absolute Gasteiger partial charge is 0.492 e. The molecule has 1 rings (SSSR count). The first-order valence-electron chi connectivity index (χ1n) is 8.29. The predicted molar refractivity (Wildman–Crippen MR) is 107 cm³/mol. The number of alkyl halides is 3. The summed E-state index contributed by atoms with van der Waals surface area (Å²) in [5.74, 6) is 0.819. The zero-order valence-electron chi connectivity index (χ0n) is 15.1. The van der Waals surface area contributed by atoms with E-state index in [0.717, 1.165) is 44.7 Å². The lowest BCUT2D eigenvalue weighted by atomic mass is 10.2. The van der Waals surface area contributed by atoms with Crippen LogP contribution in [-0.2, 0) is 10.9 Å². The SMILES string of the molecule is CCOCCCCNC(=NC)NCCOc1cccc(C(F)(F)F)c1.I. The summed E-state index contributed by atoms with van der Waals surface area (Å²) in [5.41, 5.74) is -0.720. The van der Waals surface area contributed by atoms with Crippen molar-refractivity contribution in [2.24, 2.45) is 4.99 Å². The molecule has 0 aromatic heterocycles. The first kappa shape index (κ1) is 24.8. The molecule has 0 saturated carbocycles. The van der Waals surface area contributed by atoms with Gasteiger partial charge in [-0.25, -0.2) is 0 Å². The standard InChI is InChI=1S/C17H26F3N3O2.HI/c1-3-24-11-5-4-9-22-16(21-2)23-10-12-25-15-8-6-7-14(13-15)17(18,19)20;/h6-8,13H,3-5,9-12H2,1-2H3,(H2,21,22,23);1H. The fraction of sp³-hybridized carbons (Fsp3) is 0.588. The van der Waals surface area contributed by atoms with Gasteiger partial charge in [-0.15, -0.1) is 24.0 Å². The molecular formula is C17H27F3IN3O2. The summed E-state index contributed by atoms with van der Waals surface area (Å²) in [6.07, 6.45) is -2.44. The number of ether oxygens (including phenoxy) is 2. The second-order valence-corrected chi connectivity index (χ2v) is 5.20. The van der Waals surface area contributed by atoms with Gasteiger partial charge >= 0.3 is 6.18 Å². The van der Waals surface area contributed by atoms with Gasteiger partial charge in [0.05, 0.1) is 12.1 Å². The maximum atomic E-state index is 12.6. The molecule has 26 heavy (non-hydrogen) atoms. The van der Waals surface area contributed by atoms with Gasteiger partial charge in [0.1, 0.15) is 12.4 Å². The van der Waals surface area contributed by atoms with Gasteiger partial charge in [-0.2, -0.15) is 13.2 Å². The van der Waals surface area contributed by atoms with Crippen molar-refractivity contribution in [1.82, 2.24) is 10.6 Å². The lowest BCUT2D eigenvalue weighted by molar-refractivity contribution is -0.137. The van der Waals surface area contributed by atoms with Gasteiger partial charge in [-0.3, -0.25) is 4.99 Å². The number of nitrogens with zero attached hydrogens (tertiary/aromatic N) is 1. The number of guanidine groups is 1. The number of benzene rings is 1. The van der Waals surface area contributed by atoms with Crippen LogP contribution in [0.2, 0.25) is 0 Å². The van der Waals surface area contributed by atoms with Crippen LogP contribution in [0.4, 0.5) is 13.2 Å². The molecule has 0 radical (unpaired) electrons. The molecule has 0 fully saturated rings. The average Bonchev–Trinajstić information content (AvgIpc) is 2.59. The highest BCUT2D eigenvalue weighted by Crippen LogP contribution is 2.31. The number of rotatable bonds is 10. The highest BCUT2D eigenvalue weighted by Gasteiger charge is 2.30. The second-order valence-electron chi connectivity index (χ2n) is 5.20. The van der Waals surface area contributed by atoms with E-state index in [4.69, 9.17) is 9.47 Å². The fourth-order valence-electron chi connectivity index (χ4n) is 2.00. The van der Waals surface area contributed by atoms with Crippen LogP contribution in [-0.4, -0.2) is 45.9 Å². The van der Waals surface area contributed by atoms with Crippen LogP contribution in [0.3, 0.4) is 0 Å². The molecule has 0 heterocycles. The van der Waals surface area contributed by atoms with E-state index >= 15 is 0 Å².